The molecule has 1 aromatic heterocycles. The zero-order valence-electron chi connectivity index (χ0n) is 12.6. The van der Waals surface area contributed by atoms with Gasteiger partial charge in [0.05, 0.1) is 29.2 Å². The summed E-state index contributed by atoms with van der Waals surface area (Å²) >= 11 is 0. The highest BCUT2D eigenvalue weighted by Gasteiger charge is 2.31. The van der Waals surface area contributed by atoms with Crippen LogP contribution in [0, 0.1) is 17.1 Å². The highest BCUT2D eigenvalue weighted by molar-refractivity contribution is 6.08. The van der Waals surface area contributed by atoms with Gasteiger partial charge in [-0.25, -0.2) is 4.39 Å². The first-order valence-electron chi connectivity index (χ1n) is 7.17. The SMILES string of the molecule is CC1Oc2c(cccc2C(=O)C(C#N)c2ccc(F)cn2)NC1=O. The number of aromatic nitrogens is 1. The summed E-state index contributed by atoms with van der Waals surface area (Å²) < 4.78 is 18.5. The Morgan fingerprint density at radius 2 is 2.21 bits per heavy atom. The van der Waals surface area contributed by atoms with Crippen LogP contribution in [0.1, 0.15) is 28.9 Å². The fourth-order valence-electron chi connectivity index (χ4n) is 2.39. The molecule has 3 rings (SSSR count). The molecule has 1 aromatic carbocycles. The number of halogens is 1. The summed E-state index contributed by atoms with van der Waals surface area (Å²) in [6.45, 7) is 1.56. The number of nitrogens with one attached hydrogen (secondary N) is 1. The molecule has 6 nitrogen and oxygen atoms in total. The number of nitrogens with zero attached hydrogens (tertiary/aromatic N) is 2. The van der Waals surface area contributed by atoms with Crippen molar-refractivity contribution in [3.63, 3.8) is 0 Å². The van der Waals surface area contributed by atoms with Crippen LogP contribution in [0.2, 0.25) is 0 Å². The van der Waals surface area contributed by atoms with Crippen molar-refractivity contribution in [3.8, 4) is 11.8 Å². The number of hydrogen-bond acceptors (Lipinski definition) is 5. The number of pyridine rings is 1. The summed E-state index contributed by atoms with van der Waals surface area (Å²) in [5.74, 6) is -2.38. The van der Waals surface area contributed by atoms with Gasteiger partial charge in [-0.15, -0.1) is 0 Å². The van der Waals surface area contributed by atoms with E-state index in [4.69, 9.17) is 4.74 Å². The van der Waals surface area contributed by atoms with Gasteiger partial charge in [-0.05, 0) is 31.2 Å². The lowest BCUT2D eigenvalue weighted by Gasteiger charge is -2.25. The molecule has 2 atom stereocenters. The zero-order chi connectivity index (χ0) is 17.3. The van der Waals surface area contributed by atoms with Crippen LogP contribution in [0.3, 0.4) is 0 Å². The molecule has 1 N–H and O–H groups in total. The molecule has 2 aromatic rings. The summed E-state index contributed by atoms with van der Waals surface area (Å²) in [6.07, 6.45) is 0.197. The second kappa shape index (κ2) is 6.08. The van der Waals surface area contributed by atoms with Crippen LogP contribution < -0.4 is 10.1 Å². The number of carbonyl (C=O) groups excluding carboxylic acids is 2. The molecule has 2 unspecified atom stereocenters. The van der Waals surface area contributed by atoms with E-state index in [-0.39, 0.29) is 22.9 Å². The molecule has 1 amide bonds. The van der Waals surface area contributed by atoms with Crippen molar-refractivity contribution in [3.05, 3.63) is 53.6 Å². The van der Waals surface area contributed by atoms with Crippen molar-refractivity contribution in [1.29, 1.82) is 5.26 Å². The first-order valence-corrected chi connectivity index (χ1v) is 7.17. The Labute approximate surface area is 136 Å². The van der Waals surface area contributed by atoms with Gasteiger partial charge in [0.15, 0.2) is 23.6 Å². The second-order valence-corrected chi connectivity index (χ2v) is 5.26. The summed E-state index contributed by atoms with van der Waals surface area (Å²) in [6, 6.07) is 9.02. The smallest absolute Gasteiger partial charge is 0.265 e. The third-order valence-corrected chi connectivity index (χ3v) is 3.64. The van der Waals surface area contributed by atoms with E-state index in [0.29, 0.717) is 5.69 Å². The number of anilines is 1. The van der Waals surface area contributed by atoms with Crippen molar-refractivity contribution < 1.29 is 18.7 Å². The van der Waals surface area contributed by atoms with Gasteiger partial charge in [0.25, 0.3) is 5.91 Å². The summed E-state index contributed by atoms with van der Waals surface area (Å²) in [7, 11) is 0. The average Bonchev–Trinajstić information content (AvgIpc) is 2.57. The largest absolute Gasteiger partial charge is 0.478 e. The van der Waals surface area contributed by atoms with Crippen molar-refractivity contribution in [1.82, 2.24) is 4.98 Å². The predicted molar refractivity (Wildman–Crippen MR) is 82.0 cm³/mol. The molecule has 0 fully saturated rings. The van der Waals surface area contributed by atoms with E-state index in [1.807, 2.05) is 6.07 Å². The molecule has 0 radical (unpaired) electrons. The van der Waals surface area contributed by atoms with E-state index in [1.165, 1.54) is 12.1 Å². The number of nitriles is 1. The zero-order valence-corrected chi connectivity index (χ0v) is 12.6. The van der Waals surface area contributed by atoms with Gasteiger partial charge in [0, 0.05) is 0 Å². The van der Waals surface area contributed by atoms with Crippen LogP contribution in [0.15, 0.2) is 36.5 Å². The summed E-state index contributed by atoms with van der Waals surface area (Å²) in [5, 5.41) is 12.0. The third-order valence-electron chi connectivity index (χ3n) is 3.64. The van der Waals surface area contributed by atoms with Crippen LogP contribution in [0.5, 0.6) is 5.75 Å². The van der Waals surface area contributed by atoms with E-state index >= 15 is 0 Å². The molecule has 2 heterocycles. The Hall–Kier alpha value is -3.27. The first-order chi connectivity index (χ1) is 11.5. The number of rotatable bonds is 3. The van der Waals surface area contributed by atoms with Gasteiger partial charge in [0.1, 0.15) is 5.82 Å². The first kappa shape index (κ1) is 15.6. The van der Waals surface area contributed by atoms with E-state index in [2.05, 4.69) is 10.3 Å². The second-order valence-electron chi connectivity index (χ2n) is 5.26. The molecule has 0 aliphatic carbocycles. The minimum Gasteiger partial charge on any atom is -0.478 e. The number of ketones is 1. The Morgan fingerprint density at radius 3 is 2.88 bits per heavy atom. The van der Waals surface area contributed by atoms with Gasteiger partial charge < -0.3 is 10.1 Å². The summed E-state index contributed by atoms with van der Waals surface area (Å²) in [4.78, 5) is 28.2. The monoisotopic (exact) mass is 325 g/mol. The lowest BCUT2D eigenvalue weighted by molar-refractivity contribution is -0.122. The molecular weight excluding hydrogens is 313 g/mol. The van der Waals surface area contributed by atoms with Gasteiger partial charge in [0.2, 0.25) is 0 Å². The highest BCUT2D eigenvalue weighted by atomic mass is 19.1. The molecule has 1 aliphatic rings. The highest BCUT2D eigenvalue weighted by Crippen LogP contribution is 2.35. The number of Topliss-reactive ketones (excluding diaryl/α,β-unsaturated/α-hetero) is 1. The van der Waals surface area contributed by atoms with Gasteiger partial charge in [-0.3, -0.25) is 14.6 Å². The Morgan fingerprint density at radius 1 is 1.42 bits per heavy atom. The number of para-hydroxylation sites is 1. The normalized spacial score (nSPS) is 17.0. The molecule has 0 bridgehead atoms. The van der Waals surface area contributed by atoms with Crippen LogP contribution in [0.25, 0.3) is 0 Å². The molecule has 0 saturated carbocycles. The van der Waals surface area contributed by atoms with E-state index < -0.39 is 23.6 Å². The maximum Gasteiger partial charge on any atom is 0.265 e. The van der Waals surface area contributed by atoms with Crippen LogP contribution in [0.4, 0.5) is 10.1 Å². The molecular formula is C17H12FN3O3. The standard InChI is InChI=1S/C17H12FN3O3/c1-9-17(23)21-14-4-2-3-11(16(14)24-9)15(22)12(7-19)13-6-5-10(18)8-20-13/h2-6,8-9,12H,1H3,(H,21,23). The molecule has 1 aliphatic heterocycles. The predicted octanol–water partition coefficient (Wildman–Crippen LogP) is 2.43. The maximum atomic E-state index is 13.0. The van der Waals surface area contributed by atoms with Crippen molar-refractivity contribution in [2.24, 2.45) is 0 Å². The quantitative estimate of drug-likeness (QED) is 0.875. The lowest BCUT2D eigenvalue weighted by atomic mass is 9.94. The lowest BCUT2D eigenvalue weighted by Crippen LogP contribution is -2.35. The number of benzene rings is 1. The van der Waals surface area contributed by atoms with Gasteiger partial charge in [-0.1, -0.05) is 6.07 Å². The number of amides is 1. The number of carbonyl (C=O) groups is 2. The van der Waals surface area contributed by atoms with E-state index in [9.17, 15) is 19.2 Å². The molecule has 0 saturated heterocycles. The van der Waals surface area contributed by atoms with Crippen LogP contribution >= 0.6 is 0 Å². The van der Waals surface area contributed by atoms with Crippen LogP contribution in [-0.4, -0.2) is 22.8 Å². The molecule has 7 heteroatoms. The number of hydrogen-bond donors (Lipinski definition) is 1. The van der Waals surface area contributed by atoms with Crippen molar-refractivity contribution in [2.45, 2.75) is 18.9 Å². The fourth-order valence-corrected chi connectivity index (χ4v) is 2.39. The van der Waals surface area contributed by atoms with Gasteiger partial charge >= 0.3 is 0 Å². The van der Waals surface area contributed by atoms with Crippen LogP contribution in [-0.2, 0) is 4.79 Å². The Kier molecular flexibility index (Phi) is 3.96. The Balaban J connectivity index is 2.01. The summed E-state index contributed by atoms with van der Waals surface area (Å²) in [5.41, 5.74) is 0.680. The van der Waals surface area contributed by atoms with E-state index in [1.54, 1.807) is 19.1 Å². The molecule has 24 heavy (non-hydrogen) atoms. The minimum atomic E-state index is -1.20. The van der Waals surface area contributed by atoms with Gasteiger partial charge in [-0.2, -0.15) is 5.26 Å². The third kappa shape index (κ3) is 2.70. The molecule has 120 valence electrons. The fraction of sp³-hybridized carbons (Fsp3) is 0.176. The van der Waals surface area contributed by atoms with Crippen molar-refractivity contribution in [2.75, 3.05) is 5.32 Å². The molecule has 0 spiro atoms. The minimum absolute atomic E-state index is 0.148. The number of fused-ring (bicyclic) bond motifs is 1. The Bertz CT molecular complexity index is 858. The maximum absolute atomic E-state index is 13.0. The average molecular weight is 325 g/mol. The van der Waals surface area contributed by atoms with E-state index in [0.717, 1.165) is 12.3 Å². The number of ether oxygens (including phenoxy) is 1. The topological polar surface area (TPSA) is 92.1 Å². The van der Waals surface area contributed by atoms with Crippen molar-refractivity contribution >= 4 is 17.4 Å².